The van der Waals surface area contributed by atoms with Crippen LogP contribution in [0.1, 0.15) is 37.6 Å². The van der Waals surface area contributed by atoms with Crippen molar-refractivity contribution in [3.8, 4) is 5.75 Å². The third-order valence-corrected chi connectivity index (χ3v) is 3.00. The minimum atomic E-state index is -0.519. The highest BCUT2D eigenvalue weighted by Gasteiger charge is 2.21. The molecule has 0 aromatic heterocycles. The maximum Gasteiger partial charge on any atom is 0.251 e. The minimum absolute atomic E-state index is 0.178. The van der Waals surface area contributed by atoms with Gasteiger partial charge in [0.05, 0.1) is 6.61 Å². The number of amides is 2. The van der Waals surface area contributed by atoms with Gasteiger partial charge in [0.2, 0.25) is 5.91 Å². The largest absolute Gasteiger partial charge is 0.494 e. The molecule has 116 valence electrons. The topological polar surface area (TPSA) is 67.4 Å². The van der Waals surface area contributed by atoms with Crippen molar-refractivity contribution in [1.29, 1.82) is 0 Å². The van der Waals surface area contributed by atoms with Gasteiger partial charge in [0.15, 0.2) is 0 Å². The molecule has 0 aliphatic rings. The second kappa shape index (κ2) is 8.29. The highest BCUT2D eigenvalue weighted by Crippen LogP contribution is 2.13. The quantitative estimate of drug-likeness (QED) is 0.807. The fraction of sp³-hybridized carbons (Fsp3) is 0.500. The highest BCUT2D eigenvalue weighted by molar-refractivity contribution is 5.97. The third-order valence-electron chi connectivity index (χ3n) is 3.00. The molecule has 1 aromatic rings. The Morgan fingerprint density at radius 2 is 1.81 bits per heavy atom. The Bertz CT molecular complexity index is 469. The van der Waals surface area contributed by atoms with Gasteiger partial charge in [-0.15, -0.1) is 0 Å². The maximum atomic E-state index is 12.2. The number of carbonyl (C=O) groups excluding carboxylic acids is 2. The Morgan fingerprint density at radius 1 is 1.19 bits per heavy atom. The maximum absolute atomic E-state index is 12.2. The van der Waals surface area contributed by atoms with E-state index in [2.05, 4.69) is 10.6 Å². The molecule has 0 saturated heterocycles. The third kappa shape index (κ3) is 5.45. The van der Waals surface area contributed by atoms with Crippen LogP contribution in [0.25, 0.3) is 0 Å². The molecule has 5 nitrogen and oxygen atoms in total. The summed E-state index contributed by atoms with van der Waals surface area (Å²) >= 11 is 0. The average Bonchev–Trinajstić information content (AvgIpc) is 2.46. The van der Waals surface area contributed by atoms with Crippen LogP contribution < -0.4 is 15.4 Å². The van der Waals surface area contributed by atoms with Crippen LogP contribution in [-0.4, -0.2) is 31.5 Å². The fourth-order valence-electron chi connectivity index (χ4n) is 1.99. The van der Waals surface area contributed by atoms with Crippen molar-refractivity contribution in [3.05, 3.63) is 29.8 Å². The first-order valence-electron chi connectivity index (χ1n) is 7.23. The van der Waals surface area contributed by atoms with E-state index in [1.807, 2.05) is 20.8 Å². The molecule has 0 radical (unpaired) electrons. The number of hydrogen-bond donors (Lipinski definition) is 2. The lowest BCUT2D eigenvalue weighted by atomic mass is 10.0. The number of carbonyl (C=O) groups is 2. The Hall–Kier alpha value is -2.04. The fourth-order valence-corrected chi connectivity index (χ4v) is 1.99. The summed E-state index contributed by atoms with van der Waals surface area (Å²) in [5.74, 6) is 0.599. The molecule has 1 rings (SSSR count). The molecule has 2 N–H and O–H groups in total. The van der Waals surface area contributed by atoms with Crippen LogP contribution >= 0.6 is 0 Å². The van der Waals surface area contributed by atoms with Crippen LogP contribution in [0.4, 0.5) is 0 Å². The van der Waals surface area contributed by atoms with Crippen molar-refractivity contribution in [2.45, 2.75) is 33.2 Å². The zero-order chi connectivity index (χ0) is 15.8. The van der Waals surface area contributed by atoms with E-state index in [1.165, 1.54) is 0 Å². The van der Waals surface area contributed by atoms with Gasteiger partial charge in [0.25, 0.3) is 5.91 Å². The van der Waals surface area contributed by atoms with Gasteiger partial charge in [-0.25, -0.2) is 0 Å². The zero-order valence-corrected chi connectivity index (χ0v) is 13.1. The standard InChI is InChI=1S/C16H24N2O3/c1-5-21-13-8-6-12(7-9-13)15(19)18-14(10-11(2)3)16(20)17-4/h6-9,11,14H,5,10H2,1-4H3,(H,17,20)(H,18,19)/t14-/m1/s1. The van der Waals surface area contributed by atoms with Gasteiger partial charge < -0.3 is 15.4 Å². The van der Waals surface area contributed by atoms with Gasteiger partial charge in [-0.05, 0) is 43.5 Å². The monoisotopic (exact) mass is 292 g/mol. The molecule has 0 bridgehead atoms. The molecular formula is C16H24N2O3. The molecule has 1 aromatic carbocycles. The molecule has 0 unspecified atom stereocenters. The molecule has 1 atom stereocenters. The van der Waals surface area contributed by atoms with Crippen molar-refractivity contribution in [2.75, 3.05) is 13.7 Å². The predicted octanol–water partition coefficient (Wildman–Crippen LogP) is 1.98. The van der Waals surface area contributed by atoms with Gasteiger partial charge in [0, 0.05) is 12.6 Å². The van der Waals surface area contributed by atoms with E-state index in [1.54, 1.807) is 31.3 Å². The first-order valence-corrected chi connectivity index (χ1v) is 7.23. The first kappa shape index (κ1) is 17.0. The summed E-state index contributed by atoms with van der Waals surface area (Å²) in [6.45, 7) is 6.51. The predicted molar refractivity (Wildman–Crippen MR) is 82.4 cm³/mol. The van der Waals surface area contributed by atoms with Crippen LogP contribution in [0.5, 0.6) is 5.75 Å². The lowest BCUT2D eigenvalue weighted by molar-refractivity contribution is -0.122. The normalized spacial score (nSPS) is 11.9. The molecule has 2 amide bonds. The van der Waals surface area contributed by atoms with Gasteiger partial charge in [-0.1, -0.05) is 13.8 Å². The number of nitrogens with one attached hydrogen (secondary N) is 2. The van der Waals surface area contributed by atoms with Crippen LogP contribution in [0.2, 0.25) is 0 Å². The lowest BCUT2D eigenvalue weighted by Gasteiger charge is -2.19. The van der Waals surface area contributed by atoms with Crippen molar-refractivity contribution < 1.29 is 14.3 Å². The summed E-state index contributed by atoms with van der Waals surface area (Å²) in [6.07, 6.45) is 0.600. The molecule has 0 saturated carbocycles. The summed E-state index contributed by atoms with van der Waals surface area (Å²) in [7, 11) is 1.57. The Labute approximate surface area is 126 Å². The van der Waals surface area contributed by atoms with Crippen LogP contribution in [0.3, 0.4) is 0 Å². The Balaban J connectivity index is 2.74. The lowest BCUT2D eigenvalue weighted by Crippen LogP contribution is -2.46. The van der Waals surface area contributed by atoms with Crippen LogP contribution in [-0.2, 0) is 4.79 Å². The molecule has 21 heavy (non-hydrogen) atoms. The van der Waals surface area contributed by atoms with E-state index in [-0.39, 0.29) is 11.8 Å². The SMILES string of the molecule is CCOc1ccc(C(=O)N[C@H](CC(C)C)C(=O)NC)cc1. The van der Waals surface area contributed by atoms with Gasteiger partial charge >= 0.3 is 0 Å². The molecule has 5 heteroatoms. The number of likely N-dealkylation sites (N-methyl/N-ethyl adjacent to an activating group) is 1. The van der Waals surface area contributed by atoms with E-state index in [9.17, 15) is 9.59 Å². The van der Waals surface area contributed by atoms with Crippen molar-refractivity contribution >= 4 is 11.8 Å². The molecule has 0 aliphatic carbocycles. The second-order valence-electron chi connectivity index (χ2n) is 5.23. The van der Waals surface area contributed by atoms with E-state index < -0.39 is 6.04 Å². The van der Waals surface area contributed by atoms with Gasteiger partial charge in [-0.2, -0.15) is 0 Å². The number of rotatable bonds is 7. The van der Waals surface area contributed by atoms with Crippen molar-refractivity contribution in [3.63, 3.8) is 0 Å². The smallest absolute Gasteiger partial charge is 0.251 e. The Kier molecular flexibility index (Phi) is 6.72. The first-order chi connectivity index (χ1) is 9.97. The van der Waals surface area contributed by atoms with Crippen molar-refractivity contribution in [2.24, 2.45) is 5.92 Å². The van der Waals surface area contributed by atoms with Crippen LogP contribution in [0, 0.1) is 5.92 Å². The molecule has 0 spiro atoms. The van der Waals surface area contributed by atoms with Crippen molar-refractivity contribution in [1.82, 2.24) is 10.6 Å². The average molecular weight is 292 g/mol. The summed E-state index contributed by atoms with van der Waals surface area (Å²) in [6, 6.07) is 6.35. The molecule has 0 fully saturated rings. The summed E-state index contributed by atoms with van der Waals surface area (Å²) in [4.78, 5) is 24.0. The number of ether oxygens (including phenoxy) is 1. The van der Waals surface area contributed by atoms with Gasteiger partial charge in [0.1, 0.15) is 11.8 Å². The van der Waals surface area contributed by atoms with Gasteiger partial charge in [-0.3, -0.25) is 9.59 Å². The molecular weight excluding hydrogens is 268 g/mol. The highest BCUT2D eigenvalue weighted by atomic mass is 16.5. The molecule has 0 aliphatic heterocycles. The summed E-state index contributed by atoms with van der Waals surface area (Å²) in [5, 5.41) is 5.35. The van der Waals surface area contributed by atoms with E-state index >= 15 is 0 Å². The van der Waals surface area contributed by atoms with Crippen LogP contribution in [0.15, 0.2) is 24.3 Å². The number of hydrogen-bond acceptors (Lipinski definition) is 3. The van der Waals surface area contributed by atoms with E-state index in [0.29, 0.717) is 24.5 Å². The second-order valence-corrected chi connectivity index (χ2v) is 5.23. The summed E-state index contributed by atoms with van der Waals surface area (Å²) < 4.78 is 5.33. The summed E-state index contributed by atoms with van der Waals surface area (Å²) in [5.41, 5.74) is 0.510. The Morgan fingerprint density at radius 3 is 2.29 bits per heavy atom. The molecule has 0 heterocycles. The minimum Gasteiger partial charge on any atom is -0.494 e. The van der Waals surface area contributed by atoms with E-state index in [0.717, 1.165) is 5.75 Å². The van der Waals surface area contributed by atoms with E-state index in [4.69, 9.17) is 4.74 Å². The zero-order valence-electron chi connectivity index (χ0n) is 13.1. The number of benzene rings is 1.